The molecule has 0 heterocycles. The molecule has 2 atom stereocenters. The number of nitrogen functional groups attached to an aromatic ring is 1. The van der Waals surface area contributed by atoms with Crippen molar-refractivity contribution in [3.63, 3.8) is 0 Å². The van der Waals surface area contributed by atoms with Gasteiger partial charge in [0, 0.05) is 17.3 Å². The number of hydrogen-bond donors (Lipinski definition) is 2. The summed E-state index contributed by atoms with van der Waals surface area (Å²) in [5.74, 6) is 0.793. The lowest BCUT2D eigenvalue weighted by Crippen LogP contribution is -2.34. The molecule has 2 rings (SSSR count). The molecule has 1 aromatic rings. The highest BCUT2D eigenvalue weighted by Crippen LogP contribution is 2.22. The number of carbonyl (C=O) groups excluding carboxylic acids is 1. The molecule has 0 spiro atoms. The third-order valence-corrected chi connectivity index (χ3v) is 3.74. The lowest BCUT2D eigenvalue weighted by atomic mass is 10.0. The predicted molar refractivity (Wildman–Crippen MR) is 74.4 cm³/mol. The molecule has 18 heavy (non-hydrogen) atoms. The predicted octanol–water partition coefficient (Wildman–Crippen LogP) is 2.97. The van der Waals surface area contributed by atoms with Crippen LogP contribution in [-0.4, -0.2) is 11.9 Å². The van der Waals surface area contributed by atoms with E-state index in [0.29, 0.717) is 17.3 Å². The molecule has 98 valence electrons. The average molecular weight is 246 g/mol. The van der Waals surface area contributed by atoms with Crippen molar-refractivity contribution in [1.82, 2.24) is 5.32 Å². The topological polar surface area (TPSA) is 55.1 Å². The van der Waals surface area contributed by atoms with Gasteiger partial charge in [-0.25, -0.2) is 0 Å². The summed E-state index contributed by atoms with van der Waals surface area (Å²) in [5.41, 5.74) is 6.99. The van der Waals surface area contributed by atoms with Gasteiger partial charge >= 0.3 is 0 Å². The van der Waals surface area contributed by atoms with Crippen LogP contribution in [0.15, 0.2) is 24.3 Å². The van der Waals surface area contributed by atoms with Crippen LogP contribution in [0.1, 0.15) is 49.4 Å². The smallest absolute Gasteiger partial charge is 0.251 e. The standard InChI is InChI=1S/C15H22N2O/c1-11-4-2-7-14(9-8-11)17-15(18)12-5-3-6-13(16)10-12/h3,5-6,10-11,14H,2,4,7-9,16H2,1H3,(H,17,18). The monoisotopic (exact) mass is 246 g/mol. The summed E-state index contributed by atoms with van der Waals surface area (Å²) in [6.07, 6.45) is 5.89. The Hall–Kier alpha value is -1.51. The van der Waals surface area contributed by atoms with Crippen LogP contribution in [0, 0.1) is 5.92 Å². The fourth-order valence-corrected chi connectivity index (χ4v) is 2.58. The van der Waals surface area contributed by atoms with Crippen molar-refractivity contribution in [3.8, 4) is 0 Å². The van der Waals surface area contributed by atoms with Gasteiger partial charge in [-0.3, -0.25) is 4.79 Å². The Morgan fingerprint density at radius 1 is 1.28 bits per heavy atom. The second-order valence-corrected chi connectivity index (χ2v) is 5.41. The minimum atomic E-state index is 0.00172. The molecule has 3 heteroatoms. The van der Waals surface area contributed by atoms with Crippen molar-refractivity contribution in [2.24, 2.45) is 5.92 Å². The fourth-order valence-electron chi connectivity index (χ4n) is 2.58. The molecular weight excluding hydrogens is 224 g/mol. The van der Waals surface area contributed by atoms with Crippen LogP contribution in [0.2, 0.25) is 0 Å². The molecule has 0 aromatic heterocycles. The van der Waals surface area contributed by atoms with Gasteiger partial charge in [-0.1, -0.05) is 25.8 Å². The normalized spacial score (nSPS) is 24.3. The molecule has 1 fully saturated rings. The number of anilines is 1. The van der Waals surface area contributed by atoms with Gasteiger partial charge in [-0.15, -0.1) is 0 Å². The maximum atomic E-state index is 12.1. The van der Waals surface area contributed by atoms with Crippen molar-refractivity contribution in [2.75, 3.05) is 5.73 Å². The van der Waals surface area contributed by atoms with Crippen LogP contribution >= 0.6 is 0 Å². The minimum absolute atomic E-state index is 0.00172. The highest BCUT2D eigenvalue weighted by molar-refractivity contribution is 5.95. The number of nitrogens with two attached hydrogens (primary N) is 1. The summed E-state index contributed by atoms with van der Waals surface area (Å²) in [7, 11) is 0. The van der Waals surface area contributed by atoms with E-state index in [-0.39, 0.29) is 5.91 Å². The number of rotatable bonds is 2. The molecule has 3 nitrogen and oxygen atoms in total. The summed E-state index contributed by atoms with van der Waals surface area (Å²) in [4.78, 5) is 12.1. The average Bonchev–Trinajstić information content (AvgIpc) is 2.54. The Bertz CT molecular complexity index is 417. The van der Waals surface area contributed by atoms with Gasteiger partial charge in [0.15, 0.2) is 0 Å². The molecule has 1 saturated carbocycles. The van der Waals surface area contributed by atoms with Crippen LogP contribution in [0.25, 0.3) is 0 Å². The Balaban J connectivity index is 1.94. The zero-order valence-electron chi connectivity index (χ0n) is 11.0. The van der Waals surface area contributed by atoms with Crippen molar-refractivity contribution in [1.29, 1.82) is 0 Å². The number of carbonyl (C=O) groups is 1. The quantitative estimate of drug-likeness (QED) is 0.622. The number of benzene rings is 1. The van der Waals surface area contributed by atoms with Crippen LogP contribution in [-0.2, 0) is 0 Å². The second kappa shape index (κ2) is 5.89. The zero-order chi connectivity index (χ0) is 13.0. The van der Waals surface area contributed by atoms with E-state index in [1.807, 2.05) is 12.1 Å². The Morgan fingerprint density at radius 2 is 2.11 bits per heavy atom. The van der Waals surface area contributed by atoms with E-state index in [4.69, 9.17) is 5.73 Å². The van der Waals surface area contributed by atoms with Crippen LogP contribution in [0.5, 0.6) is 0 Å². The van der Waals surface area contributed by atoms with Gasteiger partial charge in [0.2, 0.25) is 0 Å². The van der Waals surface area contributed by atoms with E-state index in [1.54, 1.807) is 12.1 Å². The minimum Gasteiger partial charge on any atom is -0.399 e. The van der Waals surface area contributed by atoms with Crippen LogP contribution < -0.4 is 11.1 Å². The molecule has 0 aliphatic heterocycles. The molecule has 1 aliphatic carbocycles. The van der Waals surface area contributed by atoms with Crippen LogP contribution in [0.4, 0.5) is 5.69 Å². The van der Waals surface area contributed by atoms with Crippen molar-refractivity contribution in [2.45, 2.75) is 45.1 Å². The first-order valence-corrected chi connectivity index (χ1v) is 6.81. The Labute approximate surface area is 109 Å². The Morgan fingerprint density at radius 3 is 2.89 bits per heavy atom. The molecule has 0 radical (unpaired) electrons. The van der Waals surface area contributed by atoms with E-state index < -0.39 is 0 Å². The summed E-state index contributed by atoms with van der Waals surface area (Å²) in [6.45, 7) is 2.29. The summed E-state index contributed by atoms with van der Waals surface area (Å²) in [5, 5.41) is 3.13. The Kier molecular flexibility index (Phi) is 4.24. The molecule has 0 bridgehead atoms. The zero-order valence-corrected chi connectivity index (χ0v) is 11.0. The van der Waals surface area contributed by atoms with Gasteiger partial charge in [0.25, 0.3) is 5.91 Å². The molecule has 1 aromatic carbocycles. The van der Waals surface area contributed by atoms with E-state index in [1.165, 1.54) is 19.3 Å². The highest BCUT2D eigenvalue weighted by atomic mass is 16.1. The fraction of sp³-hybridized carbons (Fsp3) is 0.533. The number of nitrogens with one attached hydrogen (secondary N) is 1. The van der Waals surface area contributed by atoms with E-state index in [2.05, 4.69) is 12.2 Å². The second-order valence-electron chi connectivity index (χ2n) is 5.41. The first-order valence-electron chi connectivity index (χ1n) is 6.81. The lowest BCUT2D eigenvalue weighted by Gasteiger charge is -2.16. The summed E-state index contributed by atoms with van der Waals surface area (Å²) in [6, 6.07) is 7.48. The molecule has 0 saturated heterocycles. The number of hydrogen-bond acceptors (Lipinski definition) is 2. The largest absolute Gasteiger partial charge is 0.399 e. The van der Waals surface area contributed by atoms with E-state index in [9.17, 15) is 4.79 Å². The molecular formula is C15H22N2O. The van der Waals surface area contributed by atoms with Gasteiger partial charge in [-0.05, 0) is 43.4 Å². The third-order valence-electron chi connectivity index (χ3n) is 3.74. The third kappa shape index (κ3) is 3.49. The first kappa shape index (κ1) is 12.9. The van der Waals surface area contributed by atoms with Crippen molar-refractivity contribution in [3.05, 3.63) is 29.8 Å². The SMILES string of the molecule is CC1CCCC(NC(=O)c2cccc(N)c2)CC1. The molecule has 1 amide bonds. The van der Waals surface area contributed by atoms with Crippen molar-refractivity contribution >= 4 is 11.6 Å². The number of amides is 1. The molecule has 1 aliphatic rings. The lowest BCUT2D eigenvalue weighted by molar-refractivity contribution is 0.0933. The summed E-state index contributed by atoms with van der Waals surface area (Å²) < 4.78 is 0. The highest BCUT2D eigenvalue weighted by Gasteiger charge is 2.18. The molecule has 2 unspecified atom stereocenters. The van der Waals surface area contributed by atoms with Crippen molar-refractivity contribution < 1.29 is 4.79 Å². The van der Waals surface area contributed by atoms with Gasteiger partial charge < -0.3 is 11.1 Å². The van der Waals surface area contributed by atoms with E-state index >= 15 is 0 Å². The summed E-state index contributed by atoms with van der Waals surface area (Å²) >= 11 is 0. The van der Waals surface area contributed by atoms with E-state index in [0.717, 1.165) is 18.8 Å². The van der Waals surface area contributed by atoms with Crippen LogP contribution in [0.3, 0.4) is 0 Å². The first-order chi connectivity index (χ1) is 8.65. The maximum Gasteiger partial charge on any atom is 0.251 e. The van der Waals surface area contributed by atoms with Gasteiger partial charge in [0.1, 0.15) is 0 Å². The molecule has 3 N–H and O–H groups in total. The maximum absolute atomic E-state index is 12.1. The van der Waals surface area contributed by atoms with Gasteiger partial charge in [0.05, 0.1) is 0 Å². The van der Waals surface area contributed by atoms with Gasteiger partial charge in [-0.2, -0.15) is 0 Å².